The smallest absolute Gasteiger partial charge is 0.128 e. The van der Waals surface area contributed by atoms with E-state index in [1.54, 1.807) is 6.20 Å². The predicted molar refractivity (Wildman–Crippen MR) is 58.2 cm³/mol. The Balaban J connectivity index is 1.87. The van der Waals surface area contributed by atoms with Crippen LogP contribution in [0.1, 0.15) is 18.4 Å². The molecule has 2 rings (SSSR count). The molecular weight excluding hydrogens is 174 g/mol. The van der Waals surface area contributed by atoms with Crippen molar-refractivity contribution in [3.8, 4) is 0 Å². The highest BCUT2D eigenvalue weighted by Gasteiger charge is 2.28. The van der Waals surface area contributed by atoms with E-state index in [0.29, 0.717) is 0 Å². The second-order valence-electron chi connectivity index (χ2n) is 4.05. The quantitative estimate of drug-likeness (QED) is 0.759. The van der Waals surface area contributed by atoms with Gasteiger partial charge in [-0.1, -0.05) is 6.07 Å². The van der Waals surface area contributed by atoms with Gasteiger partial charge in [0.05, 0.1) is 0 Å². The zero-order chi connectivity index (χ0) is 9.97. The van der Waals surface area contributed by atoms with Crippen LogP contribution in [0.2, 0.25) is 0 Å². The summed E-state index contributed by atoms with van der Waals surface area (Å²) in [6.45, 7) is 2.89. The number of anilines is 1. The minimum atomic E-state index is 0.288. The summed E-state index contributed by atoms with van der Waals surface area (Å²) < 4.78 is 0. The Kier molecular flexibility index (Phi) is 2.68. The van der Waals surface area contributed by atoms with E-state index in [9.17, 15) is 0 Å². The maximum atomic E-state index is 5.99. The molecule has 3 N–H and O–H groups in total. The Morgan fingerprint density at radius 3 is 3.07 bits per heavy atom. The molecule has 1 aromatic rings. The van der Waals surface area contributed by atoms with Crippen molar-refractivity contribution < 1.29 is 0 Å². The zero-order valence-corrected chi connectivity index (χ0v) is 8.53. The maximum Gasteiger partial charge on any atom is 0.128 e. The van der Waals surface area contributed by atoms with E-state index in [0.717, 1.165) is 18.3 Å². The molecule has 0 spiro atoms. The van der Waals surface area contributed by atoms with Gasteiger partial charge in [0.1, 0.15) is 5.82 Å². The SMILES string of the molecule is Cc1cccnc1NCC(N)C1CC1. The zero-order valence-electron chi connectivity index (χ0n) is 8.53. The third-order valence-corrected chi connectivity index (χ3v) is 2.74. The number of hydrogen-bond acceptors (Lipinski definition) is 3. The second-order valence-corrected chi connectivity index (χ2v) is 4.05. The van der Waals surface area contributed by atoms with Gasteiger partial charge in [0, 0.05) is 18.8 Å². The molecule has 1 saturated carbocycles. The van der Waals surface area contributed by atoms with Crippen LogP contribution >= 0.6 is 0 Å². The highest BCUT2D eigenvalue weighted by Crippen LogP contribution is 2.31. The lowest BCUT2D eigenvalue weighted by Crippen LogP contribution is -2.31. The van der Waals surface area contributed by atoms with Gasteiger partial charge < -0.3 is 11.1 Å². The number of hydrogen-bond donors (Lipinski definition) is 2. The molecule has 3 nitrogen and oxygen atoms in total. The molecule has 1 aromatic heterocycles. The molecule has 76 valence electrons. The Morgan fingerprint density at radius 1 is 1.64 bits per heavy atom. The fourth-order valence-corrected chi connectivity index (χ4v) is 1.58. The Morgan fingerprint density at radius 2 is 2.43 bits per heavy atom. The molecule has 0 saturated heterocycles. The minimum absolute atomic E-state index is 0.288. The van der Waals surface area contributed by atoms with Crippen LogP contribution in [0.5, 0.6) is 0 Å². The minimum Gasteiger partial charge on any atom is -0.368 e. The summed E-state index contributed by atoms with van der Waals surface area (Å²) >= 11 is 0. The van der Waals surface area contributed by atoms with E-state index in [2.05, 4.69) is 23.3 Å². The summed E-state index contributed by atoms with van der Waals surface area (Å²) in [6, 6.07) is 4.29. The lowest BCUT2D eigenvalue weighted by molar-refractivity contribution is 0.620. The maximum absolute atomic E-state index is 5.99. The average molecular weight is 191 g/mol. The van der Waals surface area contributed by atoms with E-state index in [1.807, 2.05) is 6.07 Å². The van der Waals surface area contributed by atoms with Crippen LogP contribution in [0.15, 0.2) is 18.3 Å². The molecule has 0 bridgehead atoms. The molecule has 1 aliphatic carbocycles. The van der Waals surface area contributed by atoms with Gasteiger partial charge in [-0.3, -0.25) is 0 Å². The van der Waals surface area contributed by atoms with Crippen molar-refractivity contribution in [1.29, 1.82) is 0 Å². The van der Waals surface area contributed by atoms with E-state index >= 15 is 0 Å². The number of nitrogens with two attached hydrogens (primary N) is 1. The van der Waals surface area contributed by atoms with Crippen LogP contribution in [-0.2, 0) is 0 Å². The van der Waals surface area contributed by atoms with Crippen LogP contribution in [0.4, 0.5) is 5.82 Å². The van der Waals surface area contributed by atoms with Crippen LogP contribution in [0.25, 0.3) is 0 Å². The van der Waals surface area contributed by atoms with Gasteiger partial charge in [-0.05, 0) is 37.3 Å². The standard InChI is InChI=1S/C11H17N3/c1-8-3-2-6-13-11(8)14-7-10(12)9-4-5-9/h2-3,6,9-10H,4-5,7,12H2,1H3,(H,13,14). The van der Waals surface area contributed by atoms with E-state index in [-0.39, 0.29) is 6.04 Å². The van der Waals surface area contributed by atoms with Crippen LogP contribution in [0.3, 0.4) is 0 Å². The van der Waals surface area contributed by atoms with Crippen molar-refractivity contribution >= 4 is 5.82 Å². The second kappa shape index (κ2) is 3.96. The topological polar surface area (TPSA) is 50.9 Å². The van der Waals surface area contributed by atoms with E-state index in [4.69, 9.17) is 5.73 Å². The van der Waals surface area contributed by atoms with Gasteiger partial charge in [0.15, 0.2) is 0 Å². The highest BCUT2D eigenvalue weighted by atomic mass is 15.0. The van der Waals surface area contributed by atoms with Gasteiger partial charge in [-0.15, -0.1) is 0 Å². The summed E-state index contributed by atoms with van der Waals surface area (Å²) in [5, 5.41) is 3.30. The van der Waals surface area contributed by atoms with Crippen molar-refractivity contribution in [3.05, 3.63) is 23.9 Å². The lowest BCUT2D eigenvalue weighted by Gasteiger charge is -2.13. The summed E-state index contributed by atoms with van der Waals surface area (Å²) in [5.74, 6) is 1.70. The van der Waals surface area contributed by atoms with E-state index < -0.39 is 0 Å². The van der Waals surface area contributed by atoms with Gasteiger partial charge in [0.2, 0.25) is 0 Å². The molecule has 0 aliphatic heterocycles. The molecule has 14 heavy (non-hydrogen) atoms. The van der Waals surface area contributed by atoms with Crippen molar-refractivity contribution in [2.75, 3.05) is 11.9 Å². The fourth-order valence-electron chi connectivity index (χ4n) is 1.58. The van der Waals surface area contributed by atoms with Gasteiger partial charge >= 0.3 is 0 Å². The first kappa shape index (κ1) is 9.46. The van der Waals surface area contributed by atoms with Crippen molar-refractivity contribution in [2.24, 2.45) is 11.7 Å². The molecule has 0 amide bonds. The third-order valence-electron chi connectivity index (χ3n) is 2.74. The number of aromatic nitrogens is 1. The third kappa shape index (κ3) is 2.23. The Labute approximate surface area is 84.7 Å². The van der Waals surface area contributed by atoms with Crippen LogP contribution in [-0.4, -0.2) is 17.6 Å². The molecule has 1 unspecified atom stereocenters. The largest absolute Gasteiger partial charge is 0.368 e. The monoisotopic (exact) mass is 191 g/mol. The first-order valence-electron chi connectivity index (χ1n) is 5.18. The number of aryl methyl sites for hydroxylation is 1. The summed E-state index contributed by atoms with van der Waals surface area (Å²) in [4.78, 5) is 4.26. The van der Waals surface area contributed by atoms with Crippen molar-refractivity contribution in [3.63, 3.8) is 0 Å². The Bertz CT molecular complexity index is 307. The van der Waals surface area contributed by atoms with Gasteiger partial charge in [0.25, 0.3) is 0 Å². The average Bonchev–Trinajstić information content (AvgIpc) is 2.99. The van der Waals surface area contributed by atoms with Crippen LogP contribution in [0, 0.1) is 12.8 Å². The first-order chi connectivity index (χ1) is 6.77. The number of rotatable bonds is 4. The van der Waals surface area contributed by atoms with Crippen molar-refractivity contribution in [1.82, 2.24) is 4.98 Å². The van der Waals surface area contributed by atoms with Crippen molar-refractivity contribution in [2.45, 2.75) is 25.8 Å². The Hall–Kier alpha value is -1.09. The predicted octanol–water partition coefficient (Wildman–Crippen LogP) is 1.54. The first-order valence-corrected chi connectivity index (χ1v) is 5.18. The van der Waals surface area contributed by atoms with E-state index in [1.165, 1.54) is 18.4 Å². The normalized spacial score (nSPS) is 17.9. The summed E-state index contributed by atoms with van der Waals surface area (Å²) in [6.07, 6.45) is 4.39. The van der Waals surface area contributed by atoms with Gasteiger partial charge in [-0.2, -0.15) is 0 Å². The number of nitrogens with one attached hydrogen (secondary N) is 1. The summed E-state index contributed by atoms with van der Waals surface area (Å²) in [5.41, 5.74) is 7.16. The molecule has 0 radical (unpaired) electrons. The fraction of sp³-hybridized carbons (Fsp3) is 0.545. The molecule has 3 heteroatoms. The molecule has 0 aromatic carbocycles. The molecule has 1 heterocycles. The van der Waals surface area contributed by atoms with Crippen LogP contribution < -0.4 is 11.1 Å². The molecular formula is C11H17N3. The molecule has 1 atom stereocenters. The lowest BCUT2D eigenvalue weighted by atomic mass is 10.2. The summed E-state index contributed by atoms with van der Waals surface area (Å²) in [7, 11) is 0. The number of pyridine rings is 1. The molecule has 1 fully saturated rings. The number of nitrogens with zero attached hydrogens (tertiary/aromatic N) is 1. The van der Waals surface area contributed by atoms with Gasteiger partial charge in [-0.25, -0.2) is 4.98 Å². The molecule has 1 aliphatic rings. The highest BCUT2D eigenvalue weighted by molar-refractivity contribution is 5.42.